The number of hydrogen-bond donors (Lipinski definition) is 1. The summed E-state index contributed by atoms with van der Waals surface area (Å²) in [6.45, 7) is 0. The predicted molar refractivity (Wildman–Crippen MR) is 57.6 cm³/mol. The van der Waals surface area contributed by atoms with Gasteiger partial charge in [0, 0.05) is 29.8 Å². The molecule has 0 aromatic carbocycles. The smallest absolute Gasteiger partial charge is 0.224 e. The molecular weight excluding hydrogens is 190 g/mol. The highest BCUT2D eigenvalue weighted by Crippen LogP contribution is 2.34. The zero-order valence-corrected chi connectivity index (χ0v) is 8.23. The Morgan fingerprint density at radius 3 is 3.33 bits per heavy atom. The van der Waals surface area contributed by atoms with Crippen LogP contribution in [0.15, 0.2) is 33.6 Å². The summed E-state index contributed by atoms with van der Waals surface area (Å²) in [5.41, 5.74) is 3.11. The summed E-state index contributed by atoms with van der Waals surface area (Å²) in [7, 11) is 0. The summed E-state index contributed by atoms with van der Waals surface area (Å²) in [5, 5.41) is 11.0. The van der Waals surface area contributed by atoms with E-state index in [1.165, 1.54) is 0 Å². The third-order valence-corrected chi connectivity index (χ3v) is 3.04. The average molecular weight is 201 g/mol. The Morgan fingerprint density at radius 2 is 2.40 bits per heavy atom. The van der Waals surface area contributed by atoms with E-state index in [0.29, 0.717) is 12.3 Å². The van der Waals surface area contributed by atoms with Crippen LogP contribution < -0.4 is 5.32 Å². The molecule has 0 spiro atoms. The van der Waals surface area contributed by atoms with Gasteiger partial charge in [-0.3, -0.25) is 4.79 Å². The quantitative estimate of drug-likeness (QED) is 0.628. The molecule has 1 unspecified atom stereocenters. The molecule has 4 nitrogen and oxygen atoms in total. The van der Waals surface area contributed by atoms with Gasteiger partial charge in [-0.1, -0.05) is 0 Å². The minimum Gasteiger partial charge on any atom is -0.329 e. The van der Waals surface area contributed by atoms with Crippen molar-refractivity contribution in [3.63, 3.8) is 0 Å². The molecule has 0 bridgehead atoms. The van der Waals surface area contributed by atoms with Crippen LogP contribution in [0.1, 0.15) is 19.3 Å². The highest BCUT2D eigenvalue weighted by atomic mass is 16.1. The van der Waals surface area contributed by atoms with Crippen LogP contribution >= 0.6 is 0 Å². The normalized spacial score (nSPS) is 28.1. The molecule has 1 fully saturated rings. The van der Waals surface area contributed by atoms with Gasteiger partial charge in [-0.25, -0.2) is 0 Å². The van der Waals surface area contributed by atoms with Crippen LogP contribution in [-0.2, 0) is 4.79 Å². The molecule has 76 valence electrons. The number of fused-ring (bicyclic) bond motifs is 2. The van der Waals surface area contributed by atoms with Gasteiger partial charge in [0.1, 0.15) is 0 Å². The second-order valence-corrected chi connectivity index (χ2v) is 3.99. The number of hydrogen-bond acceptors (Lipinski definition) is 3. The number of nitrogens with one attached hydrogen (secondary N) is 1. The summed E-state index contributed by atoms with van der Waals surface area (Å²) in [4.78, 5) is 11.3. The molecule has 1 N–H and O–H groups in total. The number of amides is 1. The van der Waals surface area contributed by atoms with E-state index in [1.807, 2.05) is 12.2 Å². The van der Waals surface area contributed by atoms with Gasteiger partial charge in [-0.15, -0.1) is 0 Å². The molecule has 15 heavy (non-hydrogen) atoms. The van der Waals surface area contributed by atoms with Crippen LogP contribution in [0.4, 0.5) is 0 Å². The largest absolute Gasteiger partial charge is 0.329 e. The predicted octanol–water partition coefficient (Wildman–Crippen LogP) is 1.17. The fourth-order valence-electron chi connectivity index (χ4n) is 2.33. The SMILES string of the molecule is O=C1CC2CCC3=NN=CC=CC3=C2N1. The lowest BCUT2D eigenvalue weighted by atomic mass is 9.86. The van der Waals surface area contributed by atoms with Crippen molar-refractivity contribution in [2.45, 2.75) is 19.3 Å². The lowest BCUT2D eigenvalue weighted by Crippen LogP contribution is -2.21. The lowest BCUT2D eigenvalue weighted by molar-refractivity contribution is -0.119. The van der Waals surface area contributed by atoms with E-state index in [2.05, 4.69) is 15.5 Å². The molecular formula is C11H11N3O. The van der Waals surface area contributed by atoms with Crippen molar-refractivity contribution in [3.05, 3.63) is 23.4 Å². The second kappa shape index (κ2) is 3.15. The Kier molecular flexibility index (Phi) is 1.80. The molecule has 3 aliphatic rings. The summed E-state index contributed by atoms with van der Waals surface area (Å²) >= 11 is 0. The minimum atomic E-state index is 0.127. The molecule has 2 aliphatic heterocycles. The maximum absolute atomic E-state index is 11.3. The van der Waals surface area contributed by atoms with Crippen molar-refractivity contribution in [3.8, 4) is 0 Å². The van der Waals surface area contributed by atoms with Crippen LogP contribution in [0.5, 0.6) is 0 Å². The van der Waals surface area contributed by atoms with E-state index in [4.69, 9.17) is 0 Å². The van der Waals surface area contributed by atoms with E-state index in [9.17, 15) is 4.79 Å². The molecule has 3 rings (SSSR count). The fraction of sp³-hybridized carbons (Fsp3) is 0.364. The van der Waals surface area contributed by atoms with Gasteiger partial charge < -0.3 is 5.32 Å². The molecule has 1 atom stereocenters. The zero-order valence-electron chi connectivity index (χ0n) is 8.23. The van der Waals surface area contributed by atoms with E-state index < -0.39 is 0 Å². The van der Waals surface area contributed by atoms with Crippen molar-refractivity contribution < 1.29 is 4.79 Å². The van der Waals surface area contributed by atoms with E-state index >= 15 is 0 Å². The molecule has 4 heteroatoms. The molecule has 1 amide bonds. The number of allylic oxidation sites excluding steroid dienone is 4. The first-order valence-corrected chi connectivity index (χ1v) is 5.15. The second-order valence-electron chi connectivity index (χ2n) is 3.99. The highest BCUT2D eigenvalue weighted by Gasteiger charge is 2.33. The monoisotopic (exact) mass is 201 g/mol. The first-order valence-electron chi connectivity index (χ1n) is 5.15. The molecule has 1 aliphatic carbocycles. The van der Waals surface area contributed by atoms with Gasteiger partial charge in [0.2, 0.25) is 5.91 Å². The van der Waals surface area contributed by atoms with Gasteiger partial charge in [-0.2, -0.15) is 10.2 Å². The van der Waals surface area contributed by atoms with Crippen molar-refractivity contribution in [1.82, 2.24) is 5.32 Å². The standard InChI is InChI=1S/C11H11N3O/c15-10-6-7-3-4-9-8(11(7)13-10)2-1-5-12-14-9/h1-2,5,7H,3-4,6H2,(H,13,15). The first-order chi connectivity index (χ1) is 7.34. The summed E-state index contributed by atoms with van der Waals surface area (Å²) in [6, 6.07) is 0. The minimum absolute atomic E-state index is 0.127. The molecule has 0 aromatic rings. The van der Waals surface area contributed by atoms with Gasteiger partial charge in [0.05, 0.1) is 5.71 Å². The Morgan fingerprint density at radius 1 is 1.47 bits per heavy atom. The number of rotatable bonds is 0. The van der Waals surface area contributed by atoms with E-state index in [1.54, 1.807) is 6.21 Å². The van der Waals surface area contributed by atoms with Crippen LogP contribution in [0, 0.1) is 5.92 Å². The van der Waals surface area contributed by atoms with Crippen molar-refractivity contribution in [2.24, 2.45) is 16.1 Å². The maximum Gasteiger partial charge on any atom is 0.224 e. The van der Waals surface area contributed by atoms with Gasteiger partial charge in [0.25, 0.3) is 0 Å². The van der Waals surface area contributed by atoms with Crippen LogP contribution in [0.2, 0.25) is 0 Å². The summed E-state index contributed by atoms with van der Waals surface area (Å²) in [6.07, 6.45) is 8.07. The Hall–Kier alpha value is -1.71. The van der Waals surface area contributed by atoms with Crippen molar-refractivity contribution in [1.29, 1.82) is 0 Å². The fourth-order valence-corrected chi connectivity index (χ4v) is 2.33. The third-order valence-electron chi connectivity index (χ3n) is 3.04. The third kappa shape index (κ3) is 1.33. The Bertz CT molecular complexity index is 443. The number of carbonyl (C=O) groups excluding carboxylic acids is 1. The topological polar surface area (TPSA) is 53.8 Å². The number of nitrogens with zero attached hydrogens (tertiary/aromatic N) is 2. The van der Waals surface area contributed by atoms with Gasteiger partial charge >= 0.3 is 0 Å². The number of carbonyl (C=O) groups is 1. The maximum atomic E-state index is 11.3. The van der Waals surface area contributed by atoms with Crippen LogP contribution in [0.25, 0.3) is 0 Å². The van der Waals surface area contributed by atoms with Crippen LogP contribution in [0.3, 0.4) is 0 Å². The van der Waals surface area contributed by atoms with E-state index in [0.717, 1.165) is 29.8 Å². The van der Waals surface area contributed by atoms with Crippen molar-refractivity contribution >= 4 is 17.8 Å². The van der Waals surface area contributed by atoms with Crippen LogP contribution in [-0.4, -0.2) is 17.8 Å². The van der Waals surface area contributed by atoms with E-state index in [-0.39, 0.29) is 5.91 Å². The van der Waals surface area contributed by atoms with Gasteiger partial charge in [-0.05, 0) is 25.0 Å². The summed E-state index contributed by atoms with van der Waals surface area (Å²) in [5.74, 6) is 0.497. The molecule has 1 saturated heterocycles. The Balaban J connectivity index is 2.12. The first kappa shape index (κ1) is 8.59. The van der Waals surface area contributed by atoms with Crippen molar-refractivity contribution in [2.75, 3.05) is 0 Å². The Labute approximate surface area is 87.5 Å². The highest BCUT2D eigenvalue weighted by molar-refractivity contribution is 6.06. The molecule has 0 aromatic heterocycles. The molecule has 0 radical (unpaired) electrons. The molecule has 0 saturated carbocycles. The molecule has 2 heterocycles. The average Bonchev–Trinajstić information content (AvgIpc) is 2.48. The zero-order chi connectivity index (χ0) is 10.3. The van der Waals surface area contributed by atoms with Gasteiger partial charge in [0.15, 0.2) is 0 Å². The summed E-state index contributed by atoms with van der Waals surface area (Å²) < 4.78 is 0. The lowest BCUT2D eigenvalue weighted by Gasteiger charge is -2.20.